The van der Waals surface area contributed by atoms with Gasteiger partial charge in [-0.2, -0.15) is 0 Å². The van der Waals surface area contributed by atoms with E-state index < -0.39 is 0 Å². The number of rotatable bonds is 6. The SMILES string of the molecule is COc1ccc(N2Cc3ccc(Cl)c(Cl)c3C2=O)cc1OCCN1CCC(C)CC1.Cl. The summed E-state index contributed by atoms with van der Waals surface area (Å²) in [5.41, 5.74) is 2.08. The zero-order valence-corrected chi connectivity index (χ0v) is 20.0. The first-order valence-electron chi connectivity index (χ1n) is 10.3. The van der Waals surface area contributed by atoms with Gasteiger partial charge >= 0.3 is 0 Å². The molecule has 4 rings (SSSR count). The lowest BCUT2D eigenvalue weighted by Gasteiger charge is -2.30. The van der Waals surface area contributed by atoms with Crippen LogP contribution in [0.1, 0.15) is 35.7 Å². The molecule has 8 heteroatoms. The summed E-state index contributed by atoms with van der Waals surface area (Å²) in [5, 5.41) is 0.693. The number of methoxy groups -OCH3 is 1. The zero-order valence-electron chi connectivity index (χ0n) is 17.7. The molecule has 2 aromatic rings. The molecule has 0 spiro atoms. The van der Waals surface area contributed by atoms with E-state index in [9.17, 15) is 4.79 Å². The fourth-order valence-corrected chi connectivity index (χ4v) is 4.48. The molecule has 0 N–H and O–H groups in total. The predicted octanol–water partition coefficient (Wildman–Crippen LogP) is 5.69. The van der Waals surface area contributed by atoms with Crippen LogP contribution in [-0.2, 0) is 6.54 Å². The molecule has 0 aliphatic carbocycles. The van der Waals surface area contributed by atoms with E-state index in [1.165, 1.54) is 12.8 Å². The van der Waals surface area contributed by atoms with E-state index in [0.29, 0.717) is 40.3 Å². The van der Waals surface area contributed by atoms with E-state index in [1.807, 2.05) is 24.3 Å². The molecular formula is C23H27Cl3N2O3. The van der Waals surface area contributed by atoms with Gasteiger partial charge in [0.05, 0.1) is 29.3 Å². The average Bonchev–Trinajstić information content (AvgIpc) is 3.09. The number of hydrogen-bond acceptors (Lipinski definition) is 4. The molecule has 2 heterocycles. The molecule has 0 saturated carbocycles. The standard InChI is InChI=1S/C23H26Cl2N2O3.ClH/c1-15-7-9-26(10-8-15)11-12-30-20-13-17(4-6-19(20)29-2)27-14-16-3-5-18(24)22(25)21(16)23(27)28;/h3-6,13,15H,7-12,14H2,1-2H3;1H. The first-order valence-corrected chi connectivity index (χ1v) is 11.1. The second kappa shape index (κ2) is 10.3. The number of hydrogen-bond donors (Lipinski definition) is 0. The van der Waals surface area contributed by atoms with Crippen molar-refractivity contribution in [2.75, 3.05) is 38.3 Å². The molecule has 1 fully saturated rings. The Bertz CT molecular complexity index is 946. The van der Waals surface area contributed by atoms with Crippen molar-refractivity contribution in [1.29, 1.82) is 0 Å². The molecule has 2 aromatic carbocycles. The Hall–Kier alpha value is -1.66. The van der Waals surface area contributed by atoms with Crippen LogP contribution in [0.5, 0.6) is 11.5 Å². The number of halogens is 3. The Morgan fingerprint density at radius 3 is 2.55 bits per heavy atom. The maximum Gasteiger partial charge on any atom is 0.260 e. The van der Waals surface area contributed by atoms with Gasteiger partial charge in [-0.05, 0) is 55.6 Å². The predicted molar refractivity (Wildman–Crippen MR) is 128 cm³/mol. The van der Waals surface area contributed by atoms with E-state index in [4.69, 9.17) is 32.7 Å². The van der Waals surface area contributed by atoms with Crippen LogP contribution < -0.4 is 14.4 Å². The molecular weight excluding hydrogens is 459 g/mol. The third-order valence-electron chi connectivity index (χ3n) is 5.97. The van der Waals surface area contributed by atoms with Crippen LogP contribution in [0.3, 0.4) is 0 Å². The van der Waals surface area contributed by atoms with Gasteiger partial charge < -0.3 is 14.4 Å². The summed E-state index contributed by atoms with van der Waals surface area (Å²) in [6, 6.07) is 9.12. The maximum absolute atomic E-state index is 13.0. The molecule has 2 aliphatic rings. The summed E-state index contributed by atoms with van der Waals surface area (Å²) >= 11 is 12.4. The van der Waals surface area contributed by atoms with E-state index in [-0.39, 0.29) is 18.3 Å². The van der Waals surface area contributed by atoms with Gasteiger partial charge in [0.25, 0.3) is 5.91 Å². The smallest absolute Gasteiger partial charge is 0.260 e. The molecule has 0 atom stereocenters. The van der Waals surface area contributed by atoms with Crippen LogP contribution in [0.2, 0.25) is 10.0 Å². The van der Waals surface area contributed by atoms with Gasteiger partial charge in [0.2, 0.25) is 0 Å². The summed E-state index contributed by atoms with van der Waals surface area (Å²) in [6.45, 7) is 6.44. The highest BCUT2D eigenvalue weighted by Crippen LogP contribution is 2.39. The highest BCUT2D eigenvalue weighted by Gasteiger charge is 2.32. The number of anilines is 1. The zero-order chi connectivity index (χ0) is 21.3. The average molecular weight is 486 g/mol. The van der Waals surface area contributed by atoms with Crippen LogP contribution in [0.25, 0.3) is 0 Å². The van der Waals surface area contributed by atoms with Gasteiger partial charge in [0.1, 0.15) is 6.61 Å². The summed E-state index contributed by atoms with van der Waals surface area (Å²) < 4.78 is 11.5. The number of carbonyl (C=O) groups is 1. The van der Waals surface area contributed by atoms with Crippen LogP contribution in [0, 0.1) is 5.92 Å². The quantitative estimate of drug-likeness (QED) is 0.527. The van der Waals surface area contributed by atoms with Crippen molar-refractivity contribution < 1.29 is 14.3 Å². The molecule has 2 aliphatic heterocycles. The van der Waals surface area contributed by atoms with Crippen LogP contribution in [0.15, 0.2) is 30.3 Å². The Balaban J connectivity index is 0.00000272. The van der Waals surface area contributed by atoms with E-state index in [1.54, 1.807) is 18.1 Å². The molecule has 168 valence electrons. The lowest BCUT2D eigenvalue weighted by molar-refractivity contribution is 0.0996. The normalized spacial score (nSPS) is 16.8. The van der Waals surface area contributed by atoms with Gasteiger partial charge in [-0.15, -0.1) is 12.4 Å². The van der Waals surface area contributed by atoms with Crippen molar-refractivity contribution in [3.8, 4) is 11.5 Å². The number of piperidine rings is 1. The van der Waals surface area contributed by atoms with Gasteiger partial charge in [0.15, 0.2) is 11.5 Å². The topological polar surface area (TPSA) is 42.0 Å². The first kappa shape index (κ1) is 24.0. The van der Waals surface area contributed by atoms with Crippen molar-refractivity contribution >= 4 is 47.2 Å². The second-order valence-corrected chi connectivity index (χ2v) is 8.78. The number of fused-ring (bicyclic) bond motifs is 1. The fourth-order valence-electron chi connectivity index (χ4n) is 4.06. The third-order valence-corrected chi connectivity index (χ3v) is 6.77. The first-order chi connectivity index (χ1) is 14.5. The van der Waals surface area contributed by atoms with E-state index in [2.05, 4.69) is 11.8 Å². The molecule has 0 radical (unpaired) electrons. The largest absolute Gasteiger partial charge is 0.493 e. The van der Waals surface area contributed by atoms with Crippen molar-refractivity contribution in [3.63, 3.8) is 0 Å². The van der Waals surface area contributed by atoms with Gasteiger partial charge in [-0.25, -0.2) is 0 Å². The van der Waals surface area contributed by atoms with E-state index in [0.717, 1.165) is 36.8 Å². The summed E-state index contributed by atoms with van der Waals surface area (Å²) in [7, 11) is 1.62. The minimum atomic E-state index is -0.156. The minimum Gasteiger partial charge on any atom is -0.493 e. The number of carbonyl (C=O) groups excluding carboxylic acids is 1. The van der Waals surface area contributed by atoms with Gasteiger partial charge in [0, 0.05) is 18.3 Å². The Morgan fingerprint density at radius 1 is 1.10 bits per heavy atom. The van der Waals surface area contributed by atoms with E-state index >= 15 is 0 Å². The van der Waals surface area contributed by atoms with Crippen molar-refractivity contribution in [2.45, 2.75) is 26.3 Å². The third kappa shape index (κ3) is 5.06. The molecule has 0 aromatic heterocycles. The minimum absolute atomic E-state index is 0. The Labute approximate surface area is 199 Å². The van der Waals surface area contributed by atoms with Gasteiger partial charge in [-0.3, -0.25) is 9.69 Å². The molecule has 1 amide bonds. The fraction of sp³-hybridized carbons (Fsp3) is 0.435. The van der Waals surface area contributed by atoms with Crippen molar-refractivity contribution in [1.82, 2.24) is 4.90 Å². The Morgan fingerprint density at radius 2 is 1.84 bits per heavy atom. The summed E-state index contributed by atoms with van der Waals surface area (Å²) in [6.07, 6.45) is 2.48. The van der Waals surface area contributed by atoms with Crippen molar-refractivity contribution in [2.24, 2.45) is 5.92 Å². The number of amides is 1. The van der Waals surface area contributed by atoms with Crippen molar-refractivity contribution in [3.05, 3.63) is 51.5 Å². The monoisotopic (exact) mass is 484 g/mol. The molecule has 31 heavy (non-hydrogen) atoms. The lowest BCUT2D eigenvalue weighted by atomic mass is 9.99. The summed E-state index contributed by atoms with van der Waals surface area (Å²) in [5.74, 6) is 1.94. The summed E-state index contributed by atoms with van der Waals surface area (Å²) in [4.78, 5) is 17.1. The molecule has 1 saturated heterocycles. The molecule has 0 unspecified atom stereocenters. The highest BCUT2D eigenvalue weighted by molar-refractivity contribution is 6.44. The number of likely N-dealkylation sites (tertiary alicyclic amines) is 1. The number of nitrogens with zero attached hydrogens (tertiary/aromatic N) is 2. The maximum atomic E-state index is 13.0. The van der Waals surface area contributed by atoms with Gasteiger partial charge in [-0.1, -0.05) is 36.2 Å². The molecule has 5 nitrogen and oxygen atoms in total. The lowest BCUT2D eigenvalue weighted by Crippen LogP contribution is -2.35. The van der Waals surface area contributed by atoms with Crippen LogP contribution in [0.4, 0.5) is 5.69 Å². The number of benzene rings is 2. The second-order valence-electron chi connectivity index (χ2n) is 7.99. The molecule has 0 bridgehead atoms. The van der Waals surface area contributed by atoms with Crippen LogP contribution >= 0.6 is 35.6 Å². The number of ether oxygens (including phenoxy) is 2. The van der Waals surface area contributed by atoms with Crippen LogP contribution in [-0.4, -0.2) is 44.2 Å². The highest BCUT2D eigenvalue weighted by atomic mass is 35.5. The Kier molecular flexibility index (Phi) is 7.98.